The Hall–Kier alpha value is -1.65. The zero-order valence-electron chi connectivity index (χ0n) is 11.2. The molecule has 0 N–H and O–H groups in total. The van der Waals surface area contributed by atoms with E-state index in [4.69, 9.17) is 16.3 Å². The summed E-state index contributed by atoms with van der Waals surface area (Å²) >= 11 is 6.02. The highest BCUT2D eigenvalue weighted by Gasteiger charge is 2.27. The number of ether oxygens (including phenoxy) is 1. The molecule has 1 aromatic carbocycles. The van der Waals surface area contributed by atoms with Crippen LogP contribution in [0.25, 0.3) is 10.9 Å². The van der Waals surface area contributed by atoms with Gasteiger partial charge < -0.3 is 9.64 Å². The van der Waals surface area contributed by atoms with Gasteiger partial charge in [-0.3, -0.25) is 4.79 Å². The summed E-state index contributed by atoms with van der Waals surface area (Å²) in [6.07, 6.45) is 1.00. The average Bonchev–Trinajstić information content (AvgIpc) is 2.94. The summed E-state index contributed by atoms with van der Waals surface area (Å²) < 4.78 is 5.31. The van der Waals surface area contributed by atoms with Gasteiger partial charge in [0.25, 0.3) is 5.91 Å². The van der Waals surface area contributed by atoms with Crippen molar-refractivity contribution in [3.8, 4) is 0 Å². The number of nitrogens with zero attached hydrogens (tertiary/aromatic N) is 2. The quantitative estimate of drug-likeness (QED) is 0.799. The number of para-hydroxylation sites is 1. The van der Waals surface area contributed by atoms with Crippen LogP contribution in [0.15, 0.2) is 30.3 Å². The molecule has 4 nitrogen and oxygen atoms in total. The normalized spacial score (nSPS) is 18.7. The Balaban J connectivity index is 1.99. The molecule has 0 radical (unpaired) electrons. The Morgan fingerprint density at radius 1 is 1.45 bits per heavy atom. The van der Waals surface area contributed by atoms with Gasteiger partial charge in [0.1, 0.15) is 5.15 Å². The number of hydrogen-bond acceptors (Lipinski definition) is 3. The number of rotatable bonds is 2. The van der Waals surface area contributed by atoms with E-state index in [0.29, 0.717) is 23.8 Å². The van der Waals surface area contributed by atoms with E-state index >= 15 is 0 Å². The van der Waals surface area contributed by atoms with Crippen LogP contribution >= 0.6 is 11.6 Å². The fraction of sp³-hybridized carbons (Fsp3) is 0.333. The number of aromatic nitrogens is 1. The molecule has 1 aliphatic heterocycles. The number of carbonyl (C=O) groups is 1. The smallest absolute Gasteiger partial charge is 0.254 e. The first-order valence-corrected chi connectivity index (χ1v) is 6.94. The van der Waals surface area contributed by atoms with E-state index in [1.54, 1.807) is 13.2 Å². The molecule has 0 spiro atoms. The number of halogens is 1. The molecule has 1 aliphatic rings. The Morgan fingerprint density at radius 3 is 3.00 bits per heavy atom. The maximum absolute atomic E-state index is 12.7. The number of pyridine rings is 1. The largest absolute Gasteiger partial charge is 0.380 e. The molecular formula is C15H15ClN2O2. The van der Waals surface area contributed by atoms with E-state index in [1.165, 1.54) is 0 Å². The highest BCUT2D eigenvalue weighted by Crippen LogP contribution is 2.24. The zero-order chi connectivity index (χ0) is 14.1. The summed E-state index contributed by atoms with van der Waals surface area (Å²) in [4.78, 5) is 18.7. The molecule has 2 heterocycles. The zero-order valence-corrected chi connectivity index (χ0v) is 11.9. The second kappa shape index (κ2) is 5.38. The van der Waals surface area contributed by atoms with Crippen LogP contribution < -0.4 is 0 Å². The van der Waals surface area contributed by atoms with Gasteiger partial charge in [-0.25, -0.2) is 4.98 Å². The standard InChI is InChI=1S/C15H15ClN2O2/c1-20-10-6-7-18(9-10)15(19)12-8-14(16)17-13-5-3-2-4-11(12)13/h2-5,8,10H,6-7,9H2,1H3. The van der Waals surface area contributed by atoms with Gasteiger partial charge in [-0.15, -0.1) is 0 Å². The lowest BCUT2D eigenvalue weighted by atomic mass is 10.1. The number of hydrogen-bond donors (Lipinski definition) is 0. The summed E-state index contributed by atoms with van der Waals surface area (Å²) in [6.45, 7) is 1.34. The van der Waals surface area contributed by atoms with Gasteiger partial charge in [0, 0.05) is 25.6 Å². The molecule has 1 saturated heterocycles. The van der Waals surface area contributed by atoms with Gasteiger partial charge in [-0.1, -0.05) is 29.8 Å². The van der Waals surface area contributed by atoms with Gasteiger partial charge in [-0.2, -0.15) is 0 Å². The third-order valence-corrected chi connectivity index (χ3v) is 3.87. The Labute approximate surface area is 122 Å². The predicted octanol–water partition coefficient (Wildman–Crippen LogP) is 2.75. The molecule has 104 valence electrons. The van der Waals surface area contributed by atoms with E-state index in [2.05, 4.69) is 4.98 Å². The average molecular weight is 291 g/mol. The monoisotopic (exact) mass is 290 g/mol. The van der Waals surface area contributed by atoms with Crippen molar-refractivity contribution in [2.75, 3.05) is 20.2 Å². The Bertz CT molecular complexity index is 659. The van der Waals surface area contributed by atoms with Gasteiger partial charge in [0.15, 0.2) is 0 Å². The Kier molecular flexibility index (Phi) is 3.59. The van der Waals surface area contributed by atoms with Crippen LogP contribution in [0, 0.1) is 0 Å². The molecule has 3 rings (SSSR count). The highest BCUT2D eigenvalue weighted by molar-refractivity contribution is 6.30. The van der Waals surface area contributed by atoms with Crippen LogP contribution in [0.4, 0.5) is 0 Å². The maximum atomic E-state index is 12.7. The second-order valence-corrected chi connectivity index (χ2v) is 5.29. The van der Waals surface area contributed by atoms with Crippen LogP contribution in [0.5, 0.6) is 0 Å². The lowest BCUT2D eigenvalue weighted by molar-refractivity contribution is 0.0726. The predicted molar refractivity (Wildman–Crippen MR) is 78.1 cm³/mol. The molecule has 1 unspecified atom stereocenters. The summed E-state index contributed by atoms with van der Waals surface area (Å²) in [6, 6.07) is 9.19. The van der Waals surface area contributed by atoms with Crippen LogP contribution in [0.1, 0.15) is 16.8 Å². The van der Waals surface area contributed by atoms with Crippen molar-refractivity contribution in [2.45, 2.75) is 12.5 Å². The second-order valence-electron chi connectivity index (χ2n) is 4.91. The minimum absolute atomic E-state index is 0.00921. The molecule has 0 saturated carbocycles. The van der Waals surface area contributed by atoms with Gasteiger partial charge >= 0.3 is 0 Å². The molecular weight excluding hydrogens is 276 g/mol. The topological polar surface area (TPSA) is 42.4 Å². The minimum atomic E-state index is -0.00921. The van der Waals surface area contributed by atoms with E-state index in [-0.39, 0.29) is 12.0 Å². The first kappa shape index (κ1) is 13.3. The number of methoxy groups -OCH3 is 1. The van der Waals surface area contributed by atoms with Crippen LogP contribution in [-0.4, -0.2) is 42.1 Å². The lowest BCUT2D eigenvalue weighted by Gasteiger charge is -2.17. The molecule has 5 heteroatoms. The third-order valence-electron chi connectivity index (χ3n) is 3.68. The molecule has 20 heavy (non-hydrogen) atoms. The van der Waals surface area contributed by atoms with Gasteiger partial charge in [0.05, 0.1) is 17.2 Å². The Morgan fingerprint density at radius 2 is 2.25 bits per heavy atom. The molecule has 0 aliphatic carbocycles. The number of benzene rings is 1. The third kappa shape index (κ3) is 2.37. The number of carbonyl (C=O) groups excluding carboxylic acids is 1. The van der Waals surface area contributed by atoms with Crippen molar-refractivity contribution in [3.05, 3.63) is 41.0 Å². The minimum Gasteiger partial charge on any atom is -0.380 e. The number of amides is 1. The summed E-state index contributed by atoms with van der Waals surface area (Å²) in [5, 5.41) is 1.18. The van der Waals surface area contributed by atoms with Crippen molar-refractivity contribution in [3.63, 3.8) is 0 Å². The van der Waals surface area contributed by atoms with Crippen molar-refractivity contribution in [1.82, 2.24) is 9.88 Å². The first-order valence-electron chi connectivity index (χ1n) is 6.56. The highest BCUT2D eigenvalue weighted by atomic mass is 35.5. The van der Waals surface area contributed by atoms with Gasteiger partial charge in [-0.05, 0) is 18.6 Å². The van der Waals surface area contributed by atoms with Crippen LogP contribution in [-0.2, 0) is 4.74 Å². The summed E-state index contributed by atoms with van der Waals surface area (Å²) in [5.74, 6) is -0.00921. The van der Waals surface area contributed by atoms with Gasteiger partial charge in [0.2, 0.25) is 0 Å². The molecule has 1 fully saturated rings. The van der Waals surface area contributed by atoms with Crippen molar-refractivity contribution in [1.29, 1.82) is 0 Å². The maximum Gasteiger partial charge on any atom is 0.254 e. The molecule has 1 aromatic heterocycles. The number of fused-ring (bicyclic) bond motifs is 1. The SMILES string of the molecule is COC1CCN(C(=O)c2cc(Cl)nc3ccccc23)C1. The lowest BCUT2D eigenvalue weighted by Crippen LogP contribution is -2.30. The van der Waals surface area contributed by atoms with Crippen LogP contribution in [0.2, 0.25) is 5.15 Å². The van der Waals surface area contributed by atoms with Crippen LogP contribution in [0.3, 0.4) is 0 Å². The van der Waals surface area contributed by atoms with Crippen molar-refractivity contribution >= 4 is 28.4 Å². The van der Waals surface area contributed by atoms with E-state index in [1.807, 2.05) is 29.2 Å². The molecule has 2 aromatic rings. The van der Waals surface area contributed by atoms with E-state index in [0.717, 1.165) is 17.3 Å². The molecule has 0 bridgehead atoms. The summed E-state index contributed by atoms with van der Waals surface area (Å²) in [7, 11) is 1.68. The van der Waals surface area contributed by atoms with Crippen molar-refractivity contribution in [2.24, 2.45) is 0 Å². The summed E-state index contributed by atoms with van der Waals surface area (Å²) in [5.41, 5.74) is 1.35. The molecule has 1 amide bonds. The first-order chi connectivity index (χ1) is 9.69. The fourth-order valence-corrected chi connectivity index (χ4v) is 2.80. The van der Waals surface area contributed by atoms with E-state index < -0.39 is 0 Å². The van der Waals surface area contributed by atoms with E-state index in [9.17, 15) is 4.79 Å². The van der Waals surface area contributed by atoms with Crippen molar-refractivity contribution < 1.29 is 9.53 Å². The fourth-order valence-electron chi connectivity index (χ4n) is 2.60. The molecule has 1 atom stereocenters. The number of likely N-dealkylation sites (tertiary alicyclic amines) is 1.